The summed E-state index contributed by atoms with van der Waals surface area (Å²) in [6.45, 7) is 3.93. The van der Waals surface area contributed by atoms with Gasteiger partial charge in [-0.15, -0.1) is 0 Å². The summed E-state index contributed by atoms with van der Waals surface area (Å²) in [5.74, 6) is 5.17. The van der Waals surface area contributed by atoms with Crippen molar-refractivity contribution in [2.75, 3.05) is 6.54 Å². The predicted octanol–water partition coefficient (Wildman–Crippen LogP) is 0.393. The molecule has 2 N–H and O–H groups in total. The van der Waals surface area contributed by atoms with E-state index in [0.29, 0.717) is 6.54 Å². The first-order valence-electron chi connectivity index (χ1n) is 2.77. The molecular formula is C5H11N3O. The quantitative estimate of drug-likeness (QED) is 0.241. The zero-order chi connectivity index (χ0) is 7.28. The second-order valence-electron chi connectivity index (χ2n) is 1.46. The maximum Gasteiger partial charge on any atom is 0.357 e. The molecule has 0 aromatic carbocycles. The predicted molar refractivity (Wildman–Crippen MR) is 36.1 cm³/mol. The van der Waals surface area contributed by atoms with Crippen LogP contribution in [0.2, 0.25) is 0 Å². The number of carbonyl (C=O) groups excluding carboxylic acids is 1. The molecule has 0 saturated carbocycles. The molecule has 0 bridgehead atoms. The van der Waals surface area contributed by atoms with Crippen molar-refractivity contribution >= 4 is 12.2 Å². The number of rotatable bonds is 1. The monoisotopic (exact) mass is 129 g/mol. The van der Waals surface area contributed by atoms with Crippen LogP contribution in [-0.2, 0) is 0 Å². The molecule has 0 rings (SSSR count). The van der Waals surface area contributed by atoms with E-state index in [1.807, 2.05) is 0 Å². The summed E-state index contributed by atoms with van der Waals surface area (Å²) in [6.07, 6.45) is 1.41. The second-order valence-corrected chi connectivity index (χ2v) is 1.46. The molecule has 0 aliphatic heterocycles. The van der Waals surface area contributed by atoms with Crippen LogP contribution in [0.5, 0.6) is 0 Å². The number of hydrogen-bond donors (Lipinski definition) is 1. The van der Waals surface area contributed by atoms with E-state index in [0.717, 1.165) is 5.01 Å². The van der Waals surface area contributed by atoms with Gasteiger partial charge in [0, 0.05) is 12.8 Å². The van der Waals surface area contributed by atoms with Crippen LogP contribution < -0.4 is 5.84 Å². The minimum absolute atomic E-state index is 0.403. The number of hydrogen-bond acceptors (Lipinski definition) is 2. The Morgan fingerprint density at radius 3 is 2.78 bits per heavy atom. The summed E-state index contributed by atoms with van der Waals surface area (Å²) in [6, 6.07) is -0.403. The highest BCUT2D eigenvalue weighted by Crippen LogP contribution is 1.81. The van der Waals surface area contributed by atoms with E-state index in [4.69, 9.17) is 5.84 Å². The Morgan fingerprint density at radius 1 is 1.89 bits per heavy atom. The molecule has 0 heterocycles. The summed E-state index contributed by atoms with van der Waals surface area (Å²) < 4.78 is 0. The van der Waals surface area contributed by atoms with E-state index in [2.05, 4.69) is 4.99 Å². The van der Waals surface area contributed by atoms with Crippen molar-refractivity contribution in [3.05, 3.63) is 0 Å². The largest absolute Gasteiger partial charge is 0.357 e. The van der Waals surface area contributed by atoms with Gasteiger partial charge in [0.25, 0.3) is 0 Å². The lowest BCUT2D eigenvalue weighted by molar-refractivity contribution is 0.212. The van der Waals surface area contributed by atoms with Gasteiger partial charge in [-0.05, 0) is 13.8 Å². The van der Waals surface area contributed by atoms with Crippen LogP contribution >= 0.6 is 0 Å². The molecule has 0 aliphatic carbocycles. The Balaban J connectivity index is 3.73. The van der Waals surface area contributed by atoms with Crippen molar-refractivity contribution in [3.63, 3.8) is 0 Å². The third-order valence-corrected chi connectivity index (χ3v) is 0.826. The molecule has 4 heteroatoms. The van der Waals surface area contributed by atoms with E-state index < -0.39 is 6.03 Å². The first-order chi connectivity index (χ1) is 4.22. The van der Waals surface area contributed by atoms with Gasteiger partial charge >= 0.3 is 6.03 Å². The lowest BCUT2D eigenvalue weighted by Gasteiger charge is -2.08. The first kappa shape index (κ1) is 8.10. The summed E-state index contributed by atoms with van der Waals surface area (Å²) in [5, 5.41) is 1.04. The fraction of sp³-hybridized carbons (Fsp3) is 0.600. The van der Waals surface area contributed by atoms with Crippen LogP contribution in [0.3, 0.4) is 0 Å². The van der Waals surface area contributed by atoms with Gasteiger partial charge in [-0.1, -0.05) is 0 Å². The van der Waals surface area contributed by atoms with Gasteiger partial charge in [0.15, 0.2) is 0 Å². The van der Waals surface area contributed by atoms with Crippen molar-refractivity contribution in [3.8, 4) is 0 Å². The maximum absolute atomic E-state index is 10.6. The van der Waals surface area contributed by atoms with Gasteiger partial charge in [0.05, 0.1) is 0 Å². The van der Waals surface area contributed by atoms with Gasteiger partial charge in [-0.2, -0.15) is 0 Å². The number of nitrogens with zero attached hydrogens (tertiary/aromatic N) is 2. The fourth-order valence-electron chi connectivity index (χ4n) is 0.320. The average molecular weight is 129 g/mol. The summed E-state index contributed by atoms with van der Waals surface area (Å²) in [7, 11) is 0. The Hall–Kier alpha value is -0.900. The van der Waals surface area contributed by atoms with Gasteiger partial charge in [0.2, 0.25) is 0 Å². The lowest BCUT2D eigenvalue weighted by atomic mass is 10.7. The molecule has 0 aliphatic rings. The number of nitrogens with two attached hydrogens (primary N) is 1. The highest BCUT2D eigenvalue weighted by molar-refractivity contribution is 5.82. The Bertz CT molecular complexity index is 121. The van der Waals surface area contributed by atoms with Crippen LogP contribution in [0.15, 0.2) is 4.99 Å². The molecule has 9 heavy (non-hydrogen) atoms. The van der Waals surface area contributed by atoms with Crippen molar-refractivity contribution in [2.45, 2.75) is 13.8 Å². The van der Waals surface area contributed by atoms with Crippen LogP contribution in [0, 0.1) is 0 Å². The van der Waals surface area contributed by atoms with Crippen LogP contribution in [0.4, 0.5) is 4.79 Å². The molecular weight excluding hydrogens is 118 g/mol. The fourth-order valence-corrected chi connectivity index (χ4v) is 0.320. The highest BCUT2D eigenvalue weighted by Gasteiger charge is 2.00. The number of amides is 2. The summed E-state index contributed by atoms with van der Waals surface area (Å²) >= 11 is 0. The zero-order valence-corrected chi connectivity index (χ0v) is 5.66. The van der Waals surface area contributed by atoms with E-state index in [9.17, 15) is 4.79 Å². The van der Waals surface area contributed by atoms with Crippen molar-refractivity contribution in [2.24, 2.45) is 10.8 Å². The van der Waals surface area contributed by atoms with Gasteiger partial charge in [-0.3, -0.25) is 5.01 Å². The van der Waals surface area contributed by atoms with Gasteiger partial charge in [-0.25, -0.2) is 15.6 Å². The van der Waals surface area contributed by atoms with Crippen LogP contribution in [0.25, 0.3) is 0 Å². The second kappa shape index (κ2) is 4.03. The zero-order valence-electron chi connectivity index (χ0n) is 5.66. The molecule has 4 nitrogen and oxygen atoms in total. The minimum atomic E-state index is -0.403. The molecule has 0 spiro atoms. The highest BCUT2D eigenvalue weighted by atomic mass is 16.2. The van der Waals surface area contributed by atoms with Crippen molar-refractivity contribution in [1.29, 1.82) is 0 Å². The van der Waals surface area contributed by atoms with Crippen molar-refractivity contribution in [1.82, 2.24) is 5.01 Å². The SMILES string of the molecule is CC=NC(=O)N(N)CC. The van der Waals surface area contributed by atoms with E-state index >= 15 is 0 Å². The lowest BCUT2D eigenvalue weighted by Crippen LogP contribution is -2.34. The Morgan fingerprint density at radius 2 is 2.44 bits per heavy atom. The number of carbonyl (C=O) groups is 1. The third-order valence-electron chi connectivity index (χ3n) is 0.826. The molecule has 0 radical (unpaired) electrons. The molecule has 0 atom stereocenters. The topological polar surface area (TPSA) is 58.7 Å². The molecule has 0 aromatic rings. The normalized spacial score (nSPS) is 10.1. The molecule has 0 unspecified atom stereocenters. The summed E-state index contributed by atoms with van der Waals surface area (Å²) in [5.41, 5.74) is 0. The van der Waals surface area contributed by atoms with Crippen molar-refractivity contribution < 1.29 is 4.79 Å². The van der Waals surface area contributed by atoms with E-state index in [1.165, 1.54) is 6.21 Å². The first-order valence-corrected chi connectivity index (χ1v) is 2.77. The van der Waals surface area contributed by atoms with Gasteiger partial charge < -0.3 is 0 Å². The number of urea groups is 1. The molecule has 2 amide bonds. The Kier molecular flexibility index (Phi) is 3.62. The molecule has 52 valence electrons. The molecule has 0 fully saturated rings. The van der Waals surface area contributed by atoms with Crippen LogP contribution in [0.1, 0.15) is 13.8 Å². The number of aliphatic imine (C=N–C) groups is 1. The molecule has 0 aromatic heterocycles. The van der Waals surface area contributed by atoms with Gasteiger partial charge in [0.1, 0.15) is 0 Å². The standard InChI is InChI=1S/C5H11N3O/c1-3-7-5(9)8(6)4-2/h3H,4,6H2,1-2H3. The minimum Gasteiger partial charge on any atom is -0.261 e. The maximum atomic E-state index is 10.6. The van der Waals surface area contributed by atoms with E-state index in [1.54, 1.807) is 13.8 Å². The number of hydrazine groups is 1. The average Bonchev–Trinajstić information content (AvgIpc) is 1.87. The van der Waals surface area contributed by atoms with E-state index in [-0.39, 0.29) is 0 Å². The third kappa shape index (κ3) is 2.81. The van der Waals surface area contributed by atoms with Crippen LogP contribution in [-0.4, -0.2) is 23.8 Å². The summed E-state index contributed by atoms with van der Waals surface area (Å²) in [4.78, 5) is 14.0. The smallest absolute Gasteiger partial charge is 0.261 e. The Labute approximate surface area is 54.3 Å². The molecule has 0 saturated heterocycles.